The summed E-state index contributed by atoms with van der Waals surface area (Å²) in [5, 5.41) is 8.40. The quantitative estimate of drug-likeness (QED) is 0.595. The van der Waals surface area contributed by atoms with Crippen molar-refractivity contribution in [3.63, 3.8) is 0 Å². The highest BCUT2D eigenvalue weighted by Crippen LogP contribution is 2.25. The number of carbonyl (C=O) groups is 1. The molecule has 2 aromatic carbocycles. The van der Waals surface area contributed by atoms with Gasteiger partial charge < -0.3 is 10.1 Å². The van der Waals surface area contributed by atoms with E-state index in [-0.39, 0.29) is 31.2 Å². The Morgan fingerprint density at radius 3 is 2.40 bits per heavy atom. The minimum absolute atomic E-state index is 0.131. The lowest BCUT2D eigenvalue weighted by molar-refractivity contribution is -0.123. The van der Waals surface area contributed by atoms with Crippen LogP contribution in [-0.4, -0.2) is 28.8 Å². The molecule has 0 spiro atoms. The summed E-state index contributed by atoms with van der Waals surface area (Å²) in [5.41, 5.74) is 3.02. The van der Waals surface area contributed by atoms with E-state index in [1.54, 1.807) is 30.3 Å². The van der Waals surface area contributed by atoms with Crippen molar-refractivity contribution in [2.24, 2.45) is 0 Å². The van der Waals surface area contributed by atoms with E-state index in [0.29, 0.717) is 21.5 Å². The van der Waals surface area contributed by atoms with Gasteiger partial charge in [0.05, 0.1) is 12.2 Å². The van der Waals surface area contributed by atoms with Crippen LogP contribution >= 0.6 is 23.2 Å². The molecule has 0 radical (unpaired) electrons. The van der Waals surface area contributed by atoms with E-state index in [1.807, 2.05) is 26.0 Å². The molecule has 0 saturated carbocycles. The predicted molar refractivity (Wildman–Crippen MR) is 118 cm³/mol. The Labute approximate surface area is 184 Å². The zero-order valence-corrected chi connectivity index (χ0v) is 18.1. The molecule has 30 heavy (non-hydrogen) atoms. The van der Waals surface area contributed by atoms with Gasteiger partial charge in [0, 0.05) is 28.2 Å². The molecule has 0 aliphatic rings. The molecule has 6 nitrogen and oxygen atoms in total. The summed E-state index contributed by atoms with van der Waals surface area (Å²) in [7, 11) is 0. The number of nitrogens with zero attached hydrogens (tertiary/aromatic N) is 2. The summed E-state index contributed by atoms with van der Waals surface area (Å²) in [4.78, 5) is 24.1. The van der Waals surface area contributed by atoms with E-state index in [2.05, 4.69) is 10.4 Å². The standard InChI is InChI=1S/C22H21Cl2N3O3/c1-14-11-18(12-15(2)22(14)24)30-13-20(28)25-9-10-27-21(29)8-7-19(26-27)16-3-5-17(23)6-4-16/h3-8,11-12H,9-10,13H2,1-2H3,(H,25,28). The molecule has 8 heteroatoms. The molecule has 156 valence electrons. The largest absolute Gasteiger partial charge is 0.484 e. The van der Waals surface area contributed by atoms with Gasteiger partial charge >= 0.3 is 0 Å². The SMILES string of the molecule is Cc1cc(OCC(=O)NCCn2nc(-c3ccc(Cl)cc3)ccc2=O)cc(C)c1Cl. The molecule has 1 heterocycles. The number of aryl methyl sites for hydroxylation is 2. The van der Waals surface area contributed by atoms with Crippen molar-refractivity contribution in [1.82, 2.24) is 15.1 Å². The van der Waals surface area contributed by atoms with E-state index in [9.17, 15) is 9.59 Å². The van der Waals surface area contributed by atoms with E-state index in [4.69, 9.17) is 27.9 Å². The van der Waals surface area contributed by atoms with Gasteiger partial charge in [0.15, 0.2) is 6.61 Å². The fraction of sp³-hybridized carbons (Fsp3) is 0.227. The van der Waals surface area contributed by atoms with Gasteiger partial charge in [-0.05, 0) is 55.3 Å². The molecule has 3 rings (SSSR count). The van der Waals surface area contributed by atoms with Crippen molar-refractivity contribution in [2.75, 3.05) is 13.2 Å². The maximum Gasteiger partial charge on any atom is 0.266 e. The number of amides is 1. The van der Waals surface area contributed by atoms with Crippen LogP contribution in [0.25, 0.3) is 11.3 Å². The first kappa shape index (κ1) is 21.9. The summed E-state index contributed by atoms with van der Waals surface area (Å²) in [6.45, 7) is 4.12. The van der Waals surface area contributed by atoms with Crippen molar-refractivity contribution >= 4 is 29.1 Å². The van der Waals surface area contributed by atoms with Crippen molar-refractivity contribution in [1.29, 1.82) is 0 Å². The molecule has 0 bridgehead atoms. The number of carbonyl (C=O) groups excluding carboxylic acids is 1. The molecule has 1 aromatic heterocycles. The fourth-order valence-electron chi connectivity index (χ4n) is 2.87. The number of benzene rings is 2. The van der Waals surface area contributed by atoms with E-state index in [0.717, 1.165) is 16.7 Å². The smallest absolute Gasteiger partial charge is 0.266 e. The first-order valence-corrected chi connectivity index (χ1v) is 10.1. The Morgan fingerprint density at radius 2 is 1.73 bits per heavy atom. The van der Waals surface area contributed by atoms with Crippen LogP contribution in [0.1, 0.15) is 11.1 Å². The van der Waals surface area contributed by atoms with Crippen molar-refractivity contribution in [3.05, 3.63) is 80.1 Å². The molecular formula is C22H21Cl2N3O3. The van der Waals surface area contributed by atoms with Crippen LogP contribution < -0.4 is 15.6 Å². The Kier molecular flexibility index (Phi) is 7.13. The van der Waals surface area contributed by atoms with E-state index < -0.39 is 0 Å². The van der Waals surface area contributed by atoms with Crippen LogP contribution in [0.4, 0.5) is 0 Å². The number of aromatic nitrogens is 2. The topological polar surface area (TPSA) is 73.2 Å². The van der Waals surface area contributed by atoms with E-state index >= 15 is 0 Å². The van der Waals surface area contributed by atoms with Gasteiger partial charge in [-0.2, -0.15) is 5.10 Å². The van der Waals surface area contributed by atoms with Crippen LogP contribution in [0.2, 0.25) is 10.0 Å². The van der Waals surface area contributed by atoms with Crippen molar-refractivity contribution < 1.29 is 9.53 Å². The van der Waals surface area contributed by atoms with Gasteiger partial charge in [-0.1, -0.05) is 35.3 Å². The maximum atomic E-state index is 12.1. The minimum Gasteiger partial charge on any atom is -0.484 e. The van der Waals surface area contributed by atoms with Gasteiger partial charge in [-0.25, -0.2) is 4.68 Å². The Morgan fingerprint density at radius 1 is 1.07 bits per heavy atom. The second kappa shape index (κ2) is 9.78. The average molecular weight is 446 g/mol. The molecule has 0 atom stereocenters. The molecule has 0 unspecified atom stereocenters. The number of rotatable bonds is 7. The molecule has 0 aliphatic heterocycles. The Bertz CT molecular complexity index is 1090. The van der Waals surface area contributed by atoms with Gasteiger partial charge in [-0.3, -0.25) is 9.59 Å². The fourth-order valence-corrected chi connectivity index (χ4v) is 3.11. The van der Waals surface area contributed by atoms with Crippen LogP contribution in [0.5, 0.6) is 5.75 Å². The molecule has 1 amide bonds. The number of nitrogens with one attached hydrogen (secondary N) is 1. The Balaban J connectivity index is 1.54. The molecule has 0 saturated heterocycles. The third-order valence-corrected chi connectivity index (χ3v) is 5.28. The number of ether oxygens (including phenoxy) is 1. The Hall–Kier alpha value is -2.83. The lowest BCUT2D eigenvalue weighted by Gasteiger charge is -2.11. The van der Waals surface area contributed by atoms with Gasteiger partial charge in [0.25, 0.3) is 11.5 Å². The van der Waals surface area contributed by atoms with E-state index in [1.165, 1.54) is 10.7 Å². The first-order valence-electron chi connectivity index (χ1n) is 9.34. The second-order valence-corrected chi connectivity index (χ2v) is 7.61. The number of halogens is 2. The highest BCUT2D eigenvalue weighted by atomic mass is 35.5. The summed E-state index contributed by atoms with van der Waals surface area (Å²) in [6, 6.07) is 13.9. The normalized spacial score (nSPS) is 10.7. The molecular weight excluding hydrogens is 425 g/mol. The van der Waals surface area contributed by atoms with Crippen LogP contribution in [0.15, 0.2) is 53.3 Å². The number of hydrogen-bond acceptors (Lipinski definition) is 4. The molecule has 3 aromatic rings. The summed E-state index contributed by atoms with van der Waals surface area (Å²) >= 11 is 12.0. The van der Waals surface area contributed by atoms with Crippen LogP contribution in [0, 0.1) is 13.8 Å². The maximum absolute atomic E-state index is 12.1. The summed E-state index contributed by atoms with van der Waals surface area (Å²) in [6.07, 6.45) is 0. The predicted octanol–water partition coefficient (Wildman–Crippen LogP) is 4.03. The average Bonchev–Trinajstić information content (AvgIpc) is 2.72. The lowest BCUT2D eigenvalue weighted by Crippen LogP contribution is -2.34. The van der Waals surface area contributed by atoms with Crippen LogP contribution in [0.3, 0.4) is 0 Å². The first-order chi connectivity index (χ1) is 14.3. The monoisotopic (exact) mass is 445 g/mol. The van der Waals surface area contributed by atoms with Crippen LogP contribution in [-0.2, 0) is 11.3 Å². The highest BCUT2D eigenvalue weighted by Gasteiger charge is 2.08. The summed E-state index contributed by atoms with van der Waals surface area (Å²) < 4.78 is 6.85. The molecule has 0 fully saturated rings. The zero-order valence-electron chi connectivity index (χ0n) is 16.6. The second-order valence-electron chi connectivity index (χ2n) is 6.80. The zero-order chi connectivity index (χ0) is 21.7. The van der Waals surface area contributed by atoms with Crippen molar-refractivity contribution in [3.8, 4) is 17.0 Å². The third kappa shape index (κ3) is 5.62. The van der Waals surface area contributed by atoms with Crippen molar-refractivity contribution in [2.45, 2.75) is 20.4 Å². The number of hydrogen-bond donors (Lipinski definition) is 1. The molecule has 0 aliphatic carbocycles. The highest BCUT2D eigenvalue weighted by molar-refractivity contribution is 6.32. The lowest BCUT2D eigenvalue weighted by atomic mass is 10.1. The van der Waals surface area contributed by atoms with Gasteiger partial charge in [0.1, 0.15) is 5.75 Å². The third-order valence-electron chi connectivity index (χ3n) is 4.43. The summed E-state index contributed by atoms with van der Waals surface area (Å²) in [5.74, 6) is 0.292. The van der Waals surface area contributed by atoms with Gasteiger partial charge in [-0.15, -0.1) is 0 Å². The molecule has 1 N–H and O–H groups in total. The van der Waals surface area contributed by atoms with Gasteiger partial charge in [0.2, 0.25) is 0 Å². The minimum atomic E-state index is -0.290.